The summed E-state index contributed by atoms with van der Waals surface area (Å²) in [6.07, 6.45) is 0. The first-order valence-corrected chi connectivity index (χ1v) is 6.61. The highest BCUT2D eigenvalue weighted by Gasteiger charge is 2.10. The predicted molar refractivity (Wildman–Crippen MR) is 77.7 cm³/mol. The van der Waals surface area contributed by atoms with Crippen molar-refractivity contribution in [2.24, 2.45) is 0 Å². The Hall–Kier alpha value is -2.38. The highest BCUT2D eigenvalue weighted by atomic mass is 32.1. The number of thiazole rings is 1. The molecule has 0 saturated carbocycles. The van der Waals surface area contributed by atoms with E-state index in [0.717, 1.165) is 26.9 Å². The van der Waals surface area contributed by atoms with Gasteiger partial charge in [0.1, 0.15) is 5.75 Å². The van der Waals surface area contributed by atoms with Gasteiger partial charge in [0.15, 0.2) is 5.69 Å². The van der Waals surface area contributed by atoms with Crippen LogP contribution in [0.25, 0.3) is 26.2 Å². The third-order valence-electron chi connectivity index (χ3n) is 3.07. The largest absolute Gasteiger partial charge is 0.508 e. The summed E-state index contributed by atoms with van der Waals surface area (Å²) in [5, 5.41) is 9.83. The lowest BCUT2D eigenvalue weighted by Crippen LogP contribution is -1.82. The normalized spacial score (nSPS) is 10.5. The number of rotatable bonds is 1. The molecule has 0 atom stereocenters. The maximum absolute atomic E-state index is 9.83. The molecule has 3 nitrogen and oxygen atoms in total. The minimum absolute atomic E-state index is 0.258. The van der Waals surface area contributed by atoms with E-state index < -0.39 is 0 Å². The zero-order valence-electron chi connectivity index (χ0n) is 10.2. The third kappa shape index (κ3) is 1.94. The van der Waals surface area contributed by atoms with Gasteiger partial charge >= 0.3 is 0 Å². The van der Waals surface area contributed by atoms with Crippen LogP contribution in [0.2, 0.25) is 0 Å². The van der Waals surface area contributed by atoms with Crippen LogP contribution in [0.15, 0.2) is 35.8 Å². The van der Waals surface area contributed by atoms with Crippen molar-refractivity contribution in [2.75, 3.05) is 0 Å². The number of phenolic OH excluding ortho intramolecular Hbond substituents is 1. The van der Waals surface area contributed by atoms with E-state index in [1.165, 1.54) is 11.3 Å². The van der Waals surface area contributed by atoms with Crippen LogP contribution >= 0.6 is 11.3 Å². The van der Waals surface area contributed by atoms with Gasteiger partial charge in [-0.1, -0.05) is 12.1 Å². The van der Waals surface area contributed by atoms with E-state index in [9.17, 15) is 5.11 Å². The van der Waals surface area contributed by atoms with Crippen LogP contribution in [-0.2, 0) is 0 Å². The molecule has 1 aromatic heterocycles. The number of aryl methyl sites for hydroxylation is 1. The molecule has 0 aliphatic rings. The summed E-state index contributed by atoms with van der Waals surface area (Å²) < 4.78 is 0.989. The molecule has 0 unspecified atom stereocenters. The average molecular weight is 266 g/mol. The first-order valence-electron chi connectivity index (χ1n) is 5.74. The lowest BCUT2D eigenvalue weighted by atomic mass is 10.0. The Bertz CT molecular complexity index is 815. The molecule has 92 valence electrons. The summed E-state index contributed by atoms with van der Waals surface area (Å²) in [6.45, 7) is 9.02. The summed E-state index contributed by atoms with van der Waals surface area (Å²) in [5.74, 6) is 0.258. The van der Waals surface area contributed by atoms with Gasteiger partial charge in [-0.05, 0) is 41.8 Å². The van der Waals surface area contributed by atoms with Crippen molar-refractivity contribution in [2.45, 2.75) is 6.92 Å². The number of nitrogens with zero attached hydrogens (tertiary/aromatic N) is 2. The predicted octanol–water partition coefficient (Wildman–Crippen LogP) is 4.53. The van der Waals surface area contributed by atoms with E-state index in [0.29, 0.717) is 5.69 Å². The first kappa shape index (κ1) is 11.7. The molecule has 3 rings (SSSR count). The average Bonchev–Trinajstić information content (AvgIpc) is 2.89. The molecule has 3 aromatic rings. The van der Waals surface area contributed by atoms with Gasteiger partial charge in [-0.3, -0.25) is 0 Å². The summed E-state index contributed by atoms with van der Waals surface area (Å²) >= 11 is 1.52. The van der Waals surface area contributed by atoms with Crippen molar-refractivity contribution < 1.29 is 5.11 Å². The van der Waals surface area contributed by atoms with E-state index in [1.807, 2.05) is 31.2 Å². The number of fused-ring (bicyclic) bond motifs is 1. The van der Waals surface area contributed by atoms with Crippen molar-refractivity contribution in [3.63, 3.8) is 0 Å². The Morgan fingerprint density at radius 1 is 1.26 bits per heavy atom. The molecule has 0 spiro atoms. The molecular formula is C15H10N2OS. The van der Waals surface area contributed by atoms with Crippen LogP contribution in [0.5, 0.6) is 5.75 Å². The van der Waals surface area contributed by atoms with Gasteiger partial charge in [0.05, 0.1) is 17.6 Å². The van der Waals surface area contributed by atoms with Crippen molar-refractivity contribution in [1.82, 2.24) is 4.98 Å². The molecule has 0 bridgehead atoms. The van der Waals surface area contributed by atoms with Gasteiger partial charge in [0.25, 0.3) is 0 Å². The number of phenols is 1. The minimum atomic E-state index is 0.258. The van der Waals surface area contributed by atoms with E-state index in [1.54, 1.807) is 11.6 Å². The first-order chi connectivity index (χ1) is 9.19. The Morgan fingerprint density at radius 3 is 2.84 bits per heavy atom. The van der Waals surface area contributed by atoms with Gasteiger partial charge in [-0.25, -0.2) is 9.83 Å². The highest BCUT2D eigenvalue weighted by Crippen LogP contribution is 2.36. The summed E-state index contributed by atoms with van der Waals surface area (Å²) in [7, 11) is 0. The molecule has 1 heterocycles. The number of hydrogen-bond acceptors (Lipinski definition) is 3. The van der Waals surface area contributed by atoms with E-state index in [-0.39, 0.29) is 5.75 Å². The van der Waals surface area contributed by atoms with Crippen LogP contribution in [-0.4, -0.2) is 10.1 Å². The Balaban J connectivity index is 2.31. The number of aromatic hydroxyl groups is 1. The van der Waals surface area contributed by atoms with Crippen molar-refractivity contribution in [3.05, 3.63) is 52.8 Å². The molecule has 1 N–H and O–H groups in total. The van der Waals surface area contributed by atoms with Crippen molar-refractivity contribution in [3.8, 4) is 16.9 Å². The van der Waals surface area contributed by atoms with E-state index in [2.05, 4.69) is 9.83 Å². The van der Waals surface area contributed by atoms with Crippen LogP contribution < -0.4 is 0 Å². The number of benzene rings is 2. The molecule has 19 heavy (non-hydrogen) atoms. The van der Waals surface area contributed by atoms with Gasteiger partial charge in [0.2, 0.25) is 0 Å². The summed E-state index contributed by atoms with van der Waals surface area (Å²) in [6, 6.07) is 9.19. The Morgan fingerprint density at radius 2 is 2.11 bits per heavy atom. The van der Waals surface area contributed by atoms with Gasteiger partial charge < -0.3 is 5.11 Å². The zero-order valence-corrected chi connectivity index (χ0v) is 11.0. The maximum atomic E-state index is 9.83. The molecular weight excluding hydrogens is 256 g/mol. The third-order valence-corrected chi connectivity index (χ3v) is 3.85. The molecule has 0 aliphatic heterocycles. The molecule has 0 saturated heterocycles. The van der Waals surface area contributed by atoms with Crippen LogP contribution in [0.1, 0.15) is 5.56 Å². The van der Waals surface area contributed by atoms with E-state index in [4.69, 9.17) is 6.57 Å². The van der Waals surface area contributed by atoms with Crippen molar-refractivity contribution in [1.29, 1.82) is 0 Å². The SMILES string of the molecule is [C-]#[N+]c1cc(-c2ccc(C)c(O)c2)c2ncsc2c1. The second kappa shape index (κ2) is 4.38. The lowest BCUT2D eigenvalue weighted by molar-refractivity contribution is 0.471. The standard InChI is InChI=1S/C15H10N2OS/c1-9-3-4-10(5-13(9)18)12-6-11(16-2)7-14-15(12)17-8-19-14/h3-8,18H,1H3. The smallest absolute Gasteiger partial charge is 0.189 e. The highest BCUT2D eigenvalue weighted by molar-refractivity contribution is 7.16. The zero-order chi connectivity index (χ0) is 13.4. The molecule has 0 radical (unpaired) electrons. The molecule has 0 amide bonds. The summed E-state index contributed by atoms with van der Waals surface area (Å²) in [4.78, 5) is 7.85. The molecule has 0 aliphatic carbocycles. The summed E-state index contributed by atoms with van der Waals surface area (Å²) in [5.41, 5.74) is 5.84. The quantitative estimate of drug-likeness (QED) is 0.657. The lowest BCUT2D eigenvalue weighted by Gasteiger charge is -2.06. The molecule has 4 heteroatoms. The number of aromatic nitrogens is 1. The van der Waals surface area contributed by atoms with Crippen LogP contribution in [0.3, 0.4) is 0 Å². The van der Waals surface area contributed by atoms with Gasteiger partial charge in [0, 0.05) is 4.70 Å². The number of hydrogen-bond donors (Lipinski definition) is 1. The van der Waals surface area contributed by atoms with Crippen molar-refractivity contribution >= 4 is 27.2 Å². The second-order valence-electron chi connectivity index (χ2n) is 4.31. The fourth-order valence-corrected chi connectivity index (χ4v) is 2.75. The Labute approximate surface area is 114 Å². The maximum Gasteiger partial charge on any atom is 0.189 e. The fourth-order valence-electron chi connectivity index (χ4n) is 2.01. The minimum Gasteiger partial charge on any atom is -0.508 e. The topological polar surface area (TPSA) is 37.5 Å². The Kier molecular flexibility index (Phi) is 2.69. The van der Waals surface area contributed by atoms with Gasteiger partial charge in [-0.2, -0.15) is 0 Å². The van der Waals surface area contributed by atoms with Crippen LogP contribution in [0.4, 0.5) is 5.69 Å². The molecule has 0 fully saturated rings. The van der Waals surface area contributed by atoms with Gasteiger partial charge in [-0.15, -0.1) is 11.3 Å². The van der Waals surface area contributed by atoms with Crippen LogP contribution in [0, 0.1) is 13.5 Å². The fraction of sp³-hybridized carbons (Fsp3) is 0.0667. The van der Waals surface area contributed by atoms with E-state index >= 15 is 0 Å². The molecule has 2 aromatic carbocycles. The second-order valence-corrected chi connectivity index (χ2v) is 5.19. The monoisotopic (exact) mass is 266 g/mol.